The topological polar surface area (TPSA) is 174 Å². The standard InChI is InChI=1S/C41H57N5O9S/c1-24(2)53-33-21-32(28-16-17-31(52-8)25(3)34(28)43-33)54-27-20-30-35(47)44-41(37(49)45-56(51)40(7)18-19-40)22-26(41)14-12-10-9-11-13-15-29(36(48)46(30)23-27)42-38(50)55-39(4,5)6/h12,14,16-17,21,24,26-27,29-30H,9-11,13,15,18-20,22-23H2,1-8H3,(H,42,50)(H,44,47)(H,45,49)/b14-12-/t26-,27-,29+,30+,41-,56?/m1/s1. The summed E-state index contributed by atoms with van der Waals surface area (Å²) in [4.78, 5) is 62.3. The number of aromatic nitrogens is 1. The van der Waals surface area contributed by atoms with Crippen LogP contribution in [0.1, 0.15) is 105 Å². The van der Waals surface area contributed by atoms with Gasteiger partial charge in [0.25, 0.3) is 5.91 Å². The van der Waals surface area contributed by atoms with Crippen LogP contribution in [0.25, 0.3) is 10.9 Å². The molecule has 4 amide bonds. The minimum atomic E-state index is -1.61. The van der Waals surface area contributed by atoms with Gasteiger partial charge in [-0.1, -0.05) is 25.0 Å². The predicted octanol–water partition coefficient (Wildman–Crippen LogP) is 5.31. The van der Waals surface area contributed by atoms with Crippen LogP contribution in [0, 0.1) is 12.8 Å². The third kappa shape index (κ3) is 9.24. The summed E-state index contributed by atoms with van der Waals surface area (Å²) < 4.78 is 39.1. The molecule has 1 aromatic carbocycles. The Morgan fingerprint density at radius 3 is 2.54 bits per heavy atom. The van der Waals surface area contributed by atoms with E-state index in [1.807, 2.05) is 52.0 Å². The Hall–Kier alpha value is -4.40. The van der Waals surface area contributed by atoms with Crippen LogP contribution in [0.15, 0.2) is 30.4 Å². The number of nitrogens with zero attached hydrogens (tertiary/aromatic N) is 2. The van der Waals surface area contributed by atoms with Gasteiger partial charge >= 0.3 is 6.09 Å². The minimum absolute atomic E-state index is 0.0215. The predicted molar refractivity (Wildman–Crippen MR) is 212 cm³/mol. The zero-order valence-corrected chi connectivity index (χ0v) is 34.6. The molecule has 2 aliphatic carbocycles. The Kier molecular flexibility index (Phi) is 11.9. The number of alkyl carbamates (subject to hydrolysis) is 1. The van der Waals surface area contributed by atoms with E-state index in [0.29, 0.717) is 47.5 Å². The van der Waals surface area contributed by atoms with E-state index in [-0.39, 0.29) is 25.0 Å². The fourth-order valence-electron chi connectivity index (χ4n) is 7.43. The van der Waals surface area contributed by atoms with E-state index in [1.165, 1.54) is 4.90 Å². The summed E-state index contributed by atoms with van der Waals surface area (Å²) in [5, 5.41) is 6.50. The van der Waals surface area contributed by atoms with E-state index in [9.17, 15) is 23.4 Å². The third-order valence-corrected chi connectivity index (χ3v) is 12.6. The number of carbonyl (C=O) groups is 4. The van der Waals surface area contributed by atoms with E-state index >= 15 is 0 Å². The first-order chi connectivity index (χ1) is 26.4. The van der Waals surface area contributed by atoms with E-state index in [1.54, 1.807) is 33.9 Å². The molecule has 15 heteroatoms. The number of amides is 4. The fraction of sp³-hybridized carbons (Fsp3) is 0.634. The van der Waals surface area contributed by atoms with Crippen molar-refractivity contribution in [2.75, 3.05) is 13.7 Å². The van der Waals surface area contributed by atoms with Gasteiger partial charge in [-0.15, -0.1) is 0 Å². The Morgan fingerprint density at radius 1 is 1.11 bits per heavy atom. The number of allylic oxidation sites excluding steroid dienone is 1. The third-order valence-electron chi connectivity index (χ3n) is 10.9. The van der Waals surface area contributed by atoms with Gasteiger partial charge in [0.15, 0.2) is 0 Å². The van der Waals surface area contributed by atoms with Crippen LogP contribution in [0.3, 0.4) is 0 Å². The zero-order chi connectivity index (χ0) is 40.6. The second-order valence-electron chi connectivity index (χ2n) is 17.1. The highest BCUT2D eigenvalue weighted by molar-refractivity contribution is 7.85. The van der Waals surface area contributed by atoms with Crippen molar-refractivity contribution in [3.8, 4) is 17.4 Å². The number of benzene rings is 1. The number of fused-ring (bicyclic) bond motifs is 3. The van der Waals surface area contributed by atoms with Crippen LogP contribution >= 0.6 is 0 Å². The molecular weight excluding hydrogens is 739 g/mol. The molecule has 3 heterocycles. The second kappa shape index (κ2) is 16.2. The smallest absolute Gasteiger partial charge is 0.408 e. The van der Waals surface area contributed by atoms with Gasteiger partial charge in [-0.2, -0.15) is 0 Å². The number of ether oxygens (including phenoxy) is 4. The number of hydrogen-bond acceptors (Lipinski definition) is 10. The van der Waals surface area contributed by atoms with E-state index in [2.05, 4.69) is 15.4 Å². The average molecular weight is 796 g/mol. The SMILES string of the molecule is COc1ccc2c(O[C@@H]3C[C@H]4C(=O)N[C@]5(C(=O)NS(=O)C6(C)CC6)C[C@H]5/C=C\CCCCC[C@H](NC(=O)OC(C)(C)C)C(=O)N4C3)cc(OC(C)C)nc2c1C. The van der Waals surface area contributed by atoms with Crippen molar-refractivity contribution in [2.45, 2.75) is 146 Å². The molecule has 56 heavy (non-hydrogen) atoms. The summed E-state index contributed by atoms with van der Waals surface area (Å²) in [6, 6.07) is 3.36. The molecule has 4 aliphatic rings. The lowest BCUT2D eigenvalue weighted by molar-refractivity contribution is -0.141. The highest BCUT2D eigenvalue weighted by Crippen LogP contribution is 2.47. The lowest BCUT2D eigenvalue weighted by atomic mass is 10.0. The molecule has 306 valence electrons. The van der Waals surface area contributed by atoms with E-state index in [0.717, 1.165) is 37.7 Å². The van der Waals surface area contributed by atoms with Crippen molar-refractivity contribution < 1.29 is 42.3 Å². The van der Waals surface area contributed by atoms with Crippen LogP contribution < -0.4 is 29.6 Å². The first-order valence-electron chi connectivity index (χ1n) is 19.8. The van der Waals surface area contributed by atoms with Crippen molar-refractivity contribution >= 4 is 45.7 Å². The number of rotatable bonds is 9. The number of nitrogens with one attached hydrogen (secondary N) is 3. The summed E-state index contributed by atoms with van der Waals surface area (Å²) in [7, 11) is -0.0233. The Labute approximate surface area is 331 Å². The number of hydrogen-bond donors (Lipinski definition) is 3. The normalized spacial score (nSPS) is 27.4. The summed E-state index contributed by atoms with van der Waals surface area (Å²) in [5.41, 5.74) is -0.698. The second-order valence-corrected chi connectivity index (χ2v) is 18.8. The van der Waals surface area contributed by atoms with Gasteiger partial charge in [-0.25, -0.2) is 14.0 Å². The molecule has 3 fully saturated rings. The van der Waals surface area contributed by atoms with Gasteiger partial charge in [0.2, 0.25) is 17.7 Å². The molecule has 2 aliphatic heterocycles. The zero-order valence-electron chi connectivity index (χ0n) is 33.8. The maximum Gasteiger partial charge on any atom is 0.408 e. The summed E-state index contributed by atoms with van der Waals surface area (Å²) in [6.07, 6.45) is 7.69. The molecule has 0 spiro atoms. The average Bonchev–Trinajstić information content (AvgIpc) is 3.99. The lowest BCUT2D eigenvalue weighted by Crippen LogP contribution is -2.58. The van der Waals surface area contributed by atoms with Crippen molar-refractivity contribution in [3.63, 3.8) is 0 Å². The number of methoxy groups -OCH3 is 1. The Morgan fingerprint density at radius 2 is 1.86 bits per heavy atom. The van der Waals surface area contributed by atoms with Gasteiger partial charge in [-0.3, -0.25) is 19.1 Å². The summed E-state index contributed by atoms with van der Waals surface area (Å²) in [5.74, 6) is -0.336. The molecule has 6 atom stereocenters. The first-order valence-corrected chi connectivity index (χ1v) is 20.9. The maximum atomic E-state index is 14.6. The molecule has 2 saturated carbocycles. The van der Waals surface area contributed by atoms with Crippen LogP contribution in [-0.4, -0.2) is 91.7 Å². The summed E-state index contributed by atoms with van der Waals surface area (Å²) in [6.45, 7) is 12.8. The van der Waals surface area contributed by atoms with Gasteiger partial charge in [0, 0.05) is 29.4 Å². The molecule has 0 radical (unpaired) electrons. The monoisotopic (exact) mass is 795 g/mol. The van der Waals surface area contributed by atoms with Crippen LogP contribution in [0.5, 0.6) is 17.4 Å². The van der Waals surface area contributed by atoms with Gasteiger partial charge < -0.3 is 34.5 Å². The Bertz CT molecular complexity index is 1910. The molecule has 1 saturated heterocycles. The van der Waals surface area contributed by atoms with Crippen molar-refractivity contribution in [1.82, 2.24) is 25.2 Å². The van der Waals surface area contributed by atoms with Crippen molar-refractivity contribution in [3.05, 3.63) is 35.9 Å². The van der Waals surface area contributed by atoms with E-state index in [4.69, 9.17) is 23.9 Å². The molecule has 1 unspecified atom stereocenters. The number of carbonyl (C=O) groups excluding carboxylic acids is 4. The van der Waals surface area contributed by atoms with Crippen molar-refractivity contribution in [2.24, 2.45) is 5.92 Å². The molecule has 2 aromatic rings. The van der Waals surface area contributed by atoms with Crippen LogP contribution in [0.4, 0.5) is 4.79 Å². The number of pyridine rings is 1. The molecule has 3 N–H and O–H groups in total. The minimum Gasteiger partial charge on any atom is -0.496 e. The summed E-state index contributed by atoms with van der Waals surface area (Å²) >= 11 is 0. The van der Waals surface area contributed by atoms with Gasteiger partial charge in [-0.05, 0) is 99.1 Å². The van der Waals surface area contributed by atoms with Gasteiger partial charge in [0.05, 0.1) is 30.0 Å². The van der Waals surface area contributed by atoms with Crippen LogP contribution in [0.2, 0.25) is 0 Å². The van der Waals surface area contributed by atoms with E-state index < -0.39 is 68.9 Å². The van der Waals surface area contributed by atoms with Gasteiger partial charge in [0.1, 0.15) is 51.8 Å². The van der Waals surface area contributed by atoms with Crippen molar-refractivity contribution in [1.29, 1.82) is 0 Å². The molecule has 1 aromatic heterocycles. The molecular formula is C41H57N5O9S. The molecule has 0 bridgehead atoms. The number of aryl methyl sites for hydroxylation is 1. The Balaban J connectivity index is 1.34. The highest BCUT2D eigenvalue weighted by Gasteiger charge is 2.62. The first kappa shape index (κ1) is 41.2. The molecule has 6 rings (SSSR count). The fourth-order valence-corrected chi connectivity index (χ4v) is 8.50. The quantitative estimate of drug-likeness (QED) is 0.283. The lowest BCUT2D eigenvalue weighted by Gasteiger charge is -2.30. The molecule has 14 nitrogen and oxygen atoms in total. The largest absolute Gasteiger partial charge is 0.496 e. The van der Waals surface area contributed by atoms with Crippen LogP contribution in [-0.2, 0) is 30.1 Å². The highest BCUT2D eigenvalue weighted by atomic mass is 32.2. The maximum absolute atomic E-state index is 14.6.